The van der Waals surface area contributed by atoms with Gasteiger partial charge in [0.2, 0.25) is 0 Å². The standard InChI is InChI=1S/C28H25NO/c1-28(2,3)23-17-22(18-11-5-6-12-19(18)27(23)30)26-20-13-7-9-15-24(20)29(4)25-16-10-8-14-21(25)26/h5-17H,1-4H3. The smallest absolute Gasteiger partial charge is 0.190 e. The van der Waals surface area contributed by atoms with E-state index < -0.39 is 0 Å². The van der Waals surface area contributed by atoms with Crippen molar-refractivity contribution in [3.05, 3.63) is 107 Å². The molecule has 0 saturated heterocycles. The van der Waals surface area contributed by atoms with E-state index in [4.69, 9.17) is 0 Å². The third-order valence-electron chi connectivity index (χ3n) is 6.14. The summed E-state index contributed by atoms with van der Waals surface area (Å²) in [5.41, 5.74) is 9.51. The number of para-hydroxylation sites is 2. The van der Waals surface area contributed by atoms with Crippen molar-refractivity contribution < 1.29 is 4.79 Å². The van der Waals surface area contributed by atoms with Crippen LogP contribution in [0.5, 0.6) is 0 Å². The minimum atomic E-state index is -0.235. The molecule has 30 heavy (non-hydrogen) atoms. The van der Waals surface area contributed by atoms with E-state index in [9.17, 15) is 4.79 Å². The zero-order chi connectivity index (χ0) is 21.0. The molecule has 3 aromatic carbocycles. The fourth-order valence-corrected chi connectivity index (χ4v) is 4.63. The Balaban J connectivity index is 1.94. The molecular weight excluding hydrogens is 366 g/mol. The SMILES string of the molecule is CN1c2ccccc2C(=C2C=C(C(C)(C)C)C(=O)c3ccccc32)c2ccccc21. The molecule has 1 aliphatic carbocycles. The first-order valence-corrected chi connectivity index (χ1v) is 10.4. The number of rotatable bonds is 0. The van der Waals surface area contributed by atoms with E-state index in [0.29, 0.717) is 0 Å². The first-order valence-electron chi connectivity index (χ1n) is 10.4. The highest BCUT2D eigenvalue weighted by Crippen LogP contribution is 2.49. The minimum Gasteiger partial charge on any atom is -0.344 e. The Morgan fingerprint density at radius 2 is 1.13 bits per heavy atom. The molecule has 0 N–H and O–H groups in total. The van der Waals surface area contributed by atoms with E-state index in [-0.39, 0.29) is 11.2 Å². The highest BCUT2D eigenvalue weighted by molar-refractivity contribution is 6.21. The summed E-state index contributed by atoms with van der Waals surface area (Å²) in [4.78, 5) is 15.6. The molecule has 0 aromatic heterocycles. The summed E-state index contributed by atoms with van der Waals surface area (Å²) in [6, 6.07) is 25.1. The lowest BCUT2D eigenvalue weighted by Gasteiger charge is -2.34. The van der Waals surface area contributed by atoms with Gasteiger partial charge < -0.3 is 4.90 Å². The second kappa shape index (κ2) is 6.56. The van der Waals surface area contributed by atoms with Gasteiger partial charge in [0, 0.05) is 46.3 Å². The van der Waals surface area contributed by atoms with Crippen molar-refractivity contribution in [1.29, 1.82) is 0 Å². The predicted octanol–water partition coefficient (Wildman–Crippen LogP) is 6.90. The van der Waals surface area contributed by atoms with E-state index in [2.05, 4.69) is 93.4 Å². The maximum Gasteiger partial charge on any atom is 0.190 e. The lowest BCUT2D eigenvalue weighted by Crippen LogP contribution is -2.23. The van der Waals surface area contributed by atoms with Gasteiger partial charge in [-0.05, 0) is 34.8 Å². The minimum absolute atomic E-state index is 0.136. The molecule has 0 fully saturated rings. The van der Waals surface area contributed by atoms with Gasteiger partial charge >= 0.3 is 0 Å². The average molecular weight is 392 g/mol. The molecule has 0 unspecified atom stereocenters. The lowest BCUT2D eigenvalue weighted by atomic mass is 9.73. The molecule has 2 nitrogen and oxygen atoms in total. The van der Waals surface area contributed by atoms with Crippen molar-refractivity contribution in [3.8, 4) is 0 Å². The van der Waals surface area contributed by atoms with E-state index >= 15 is 0 Å². The van der Waals surface area contributed by atoms with Crippen molar-refractivity contribution in [2.75, 3.05) is 11.9 Å². The van der Waals surface area contributed by atoms with Gasteiger partial charge in [0.05, 0.1) is 0 Å². The number of carbonyl (C=O) groups is 1. The summed E-state index contributed by atoms with van der Waals surface area (Å²) < 4.78 is 0. The van der Waals surface area contributed by atoms with Gasteiger partial charge in [-0.2, -0.15) is 0 Å². The van der Waals surface area contributed by atoms with E-state index in [1.807, 2.05) is 18.2 Å². The maximum atomic E-state index is 13.3. The van der Waals surface area contributed by atoms with Crippen LogP contribution in [0.25, 0.3) is 11.1 Å². The molecule has 3 aromatic rings. The number of carbonyl (C=O) groups excluding carboxylic acids is 1. The molecule has 0 radical (unpaired) electrons. The summed E-state index contributed by atoms with van der Waals surface area (Å²) in [6.07, 6.45) is 2.14. The Morgan fingerprint density at radius 1 is 0.667 bits per heavy atom. The van der Waals surface area contributed by atoms with Gasteiger partial charge in [0.25, 0.3) is 0 Å². The number of ketones is 1. The molecule has 2 heteroatoms. The van der Waals surface area contributed by atoms with Gasteiger partial charge in [-0.25, -0.2) is 0 Å². The van der Waals surface area contributed by atoms with Crippen LogP contribution < -0.4 is 4.90 Å². The molecule has 0 saturated carbocycles. The quantitative estimate of drug-likeness (QED) is 0.415. The second-order valence-corrected chi connectivity index (χ2v) is 9.06. The van der Waals surface area contributed by atoms with Crippen molar-refractivity contribution in [1.82, 2.24) is 0 Å². The van der Waals surface area contributed by atoms with Crippen LogP contribution in [-0.2, 0) is 0 Å². The molecule has 0 spiro atoms. The van der Waals surface area contributed by atoms with Gasteiger partial charge in [0.1, 0.15) is 0 Å². The monoisotopic (exact) mass is 391 g/mol. The lowest BCUT2D eigenvalue weighted by molar-refractivity contribution is 0.101. The topological polar surface area (TPSA) is 20.3 Å². The average Bonchev–Trinajstić information content (AvgIpc) is 2.75. The van der Waals surface area contributed by atoms with Crippen molar-refractivity contribution in [3.63, 3.8) is 0 Å². The zero-order valence-electron chi connectivity index (χ0n) is 17.9. The number of hydrogen-bond acceptors (Lipinski definition) is 2. The van der Waals surface area contributed by atoms with Gasteiger partial charge in [-0.3, -0.25) is 4.79 Å². The van der Waals surface area contributed by atoms with Crippen LogP contribution >= 0.6 is 0 Å². The summed E-state index contributed by atoms with van der Waals surface area (Å²) in [6.45, 7) is 6.34. The third kappa shape index (κ3) is 2.68. The molecule has 5 rings (SSSR count). The maximum absolute atomic E-state index is 13.3. The van der Waals surface area contributed by atoms with Crippen molar-refractivity contribution in [2.45, 2.75) is 20.8 Å². The van der Waals surface area contributed by atoms with Crippen LogP contribution in [0.2, 0.25) is 0 Å². The Kier molecular flexibility index (Phi) is 4.08. The van der Waals surface area contributed by atoms with Crippen molar-refractivity contribution in [2.24, 2.45) is 5.41 Å². The van der Waals surface area contributed by atoms with Crippen LogP contribution in [-0.4, -0.2) is 12.8 Å². The summed E-state index contributed by atoms with van der Waals surface area (Å²) in [7, 11) is 2.12. The number of hydrogen-bond donors (Lipinski definition) is 0. The van der Waals surface area contributed by atoms with E-state index in [0.717, 1.165) is 22.3 Å². The molecule has 2 aliphatic rings. The van der Waals surface area contributed by atoms with E-state index in [1.165, 1.54) is 28.1 Å². The first kappa shape index (κ1) is 18.6. The number of fused-ring (bicyclic) bond motifs is 3. The van der Waals surface area contributed by atoms with Crippen LogP contribution in [0.15, 0.2) is 84.4 Å². The fourth-order valence-electron chi connectivity index (χ4n) is 4.63. The third-order valence-corrected chi connectivity index (χ3v) is 6.14. The summed E-state index contributed by atoms with van der Waals surface area (Å²) in [5, 5.41) is 0. The Bertz CT molecular complexity index is 1200. The highest BCUT2D eigenvalue weighted by Gasteiger charge is 2.34. The van der Waals surface area contributed by atoms with Crippen LogP contribution in [0.3, 0.4) is 0 Å². The van der Waals surface area contributed by atoms with Gasteiger partial charge in [-0.1, -0.05) is 81.4 Å². The fraction of sp³-hybridized carbons (Fsp3) is 0.179. The van der Waals surface area contributed by atoms with E-state index in [1.54, 1.807) is 0 Å². The number of allylic oxidation sites excluding steroid dienone is 3. The Hall–Kier alpha value is -3.39. The summed E-state index contributed by atoms with van der Waals surface area (Å²) in [5.74, 6) is 0.136. The molecule has 1 aliphatic heterocycles. The van der Waals surface area contributed by atoms with Gasteiger partial charge in [-0.15, -0.1) is 0 Å². The van der Waals surface area contributed by atoms with Crippen LogP contribution in [0, 0.1) is 5.41 Å². The summed E-state index contributed by atoms with van der Waals surface area (Å²) >= 11 is 0. The first-order chi connectivity index (χ1) is 14.4. The normalized spacial score (nSPS) is 15.4. The van der Waals surface area contributed by atoms with Gasteiger partial charge in [0.15, 0.2) is 5.78 Å². The van der Waals surface area contributed by atoms with Crippen LogP contribution in [0.1, 0.15) is 47.8 Å². The number of benzene rings is 3. The highest BCUT2D eigenvalue weighted by atomic mass is 16.1. The largest absolute Gasteiger partial charge is 0.344 e. The molecule has 0 bridgehead atoms. The molecule has 1 heterocycles. The van der Waals surface area contributed by atoms with Crippen molar-refractivity contribution >= 4 is 28.3 Å². The number of anilines is 2. The molecule has 0 atom stereocenters. The molecule has 148 valence electrons. The van der Waals surface area contributed by atoms with Crippen LogP contribution in [0.4, 0.5) is 11.4 Å². The Labute approximate surface area is 178 Å². The predicted molar refractivity (Wildman–Crippen MR) is 125 cm³/mol. The second-order valence-electron chi connectivity index (χ2n) is 9.06. The number of Topliss-reactive ketones (excluding diaryl/α,β-unsaturated/α-hetero) is 1. The molecule has 0 amide bonds. The number of nitrogens with zero attached hydrogens (tertiary/aromatic N) is 1. The Morgan fingerprint density at radius 3 is 1.67 bits per heavy atom. The zero-order valence-corrected chi connectivity index (χ0v) is 17.9. The molecular formula is C28H25NO.